The van der Waals surface area contributed by atoms with E-state index < -0.39 is 0 Å². The minimum Gasteiger partial charge on any atom is -0.294 e. The summed E-state index contributed by atoms with van der Waals surface area (Å²) in [6.45, 7) is 13.6. The molecule has 0 bridgehead atoms. The first-order valence-corrected chi connectivity index (χ1v) is 10.6. The number of aromatic nitrogens is 2. The molecule has 4 aromatic rings. The average Bonchev–Trinajstić information content (AvgIpc) is 2.93. The Morgan fingerprint density at radius 3 is 1.64 bits per heavy atom. The molecule has 2 heterocycles. The molecule has 0 N–H and O–H groups in total. The Hall–Kier alpha value is -2.13. The summed E-state index contributed by atoms with van der Waals surface area (Å²) in [5.41, 5.74) is 5.31. The summed E-state index contributed by atoms with van der Waals surface area (Å²) in [6.07, 6.45) is 0. The van der Waals surface area contributed by atoms with E-state index in [-0.39, 0.29) is 10.8 Å². The van der Waals surface area contributed by atoms with Crippen molar-refractivity contribution in [1.29, 1.82) is 0 Å². The Morgan fingerprint density at radius 2 is 1.21 bits per heavy atom. The molecule has 2 nitrogen and oxygen atoms in total. The van der Waals surface area contributed by atoms with Crippen molar-refractivity contribution in [2.75, 3.05) is 0 Å². The third-order valence-electron chi connectivity index (χ3n) is 5.43. The Bertz CT molecular complexity index is 1120. The van der Waals surface area contributed by atoms with Crippen LogP contribution in [0.25, 0.3) is 27.6 Å². The van der Waals surface area contributed by atoms with Crippen molar-refractivity contribution in [2.24, 2.45) is 0 Å². The van der Waals surface area contributed by atoms with Crippen molar-refractivity contribution < 1.29 is 0 Å². The minimum atomic E-state index is 0.109. The molecule has 0 saturated heterocycles. The fourth-order valence-electron chi connectivity index (χ4n) is 3.73. The van der Waals surface area contributed by atoms with Crippen molar-refractivity contribution >= 4 is 37.7 Å². The van der Waals surface area contributed by atoms with Gasteiger partial charge in [0.15, 0.2) is 0 Å². The molecule has 0 amide bonds. The van der Waals surface area contributed by atoms with Gasteiger partial charge < -0.3 is 0 Å². The van der Waals surface area contributed by atoms with Gasteiger partial charge in [-0.1, -0.05) is 59.7 Å². The molecule has 0 fully saturated rings. The van der Waals surface area contributed by atoms with E-state index in [2.05, 4.69) is 105 Å². The Kier molecular flexibility index (Phi) is 4.42. The fraction of sp³-hybridized carbons (Fsp3) is 0.320. The first kappa shape index (κ1) is 19.2. The lowest BCUT2D eigenvalue weighted by atomic mass is 9.85. The van der Waals surface area contributed by atoms with Crippen LogP contribution in [0.15, 0.2) is 59.2 Å². The van der Waals surface area contributed by atoms with E-state index in [4.69, 9.17) is 4.98 Å². The monoisotopic (exact) mass is 434 g/mol. The minimum absolute atomic E-state index is 0.109. The van der Waals surface area contributed by atoms with Gasteiger partial charge in [-0.2, -0.15) is 0 Å². The lowest BCUT2D eigenvalue weighted by Gasteiger charge is -2.19. The molecule has 28 heavy (non-hydrogen) atoms. The summed E-state index contributed by atoms with van der Waals surface area (Å²) in [5, 5.41) is 2.57. The van der Waals surface area contributed by atoms with E-state index in [1.807, 2.05) is 12.1 Å². The number of nitrogens with zero attached hydrogens (tertiary/aromatic N) is 2. The fourth-order valence-corrected chi connectivity index (χ4v) is 4.06. The Morgan fingerprint density at radius 1 is 0.714 bits per heavy atom. The van der Waals surface area contributed by atoms with Crippen molar-refractivity contribution in [3.05, 3.63) is 70.3 Å². The second kappa shape index (κ2) is 6.45. The van der Waals surface area contributed by atoms with Gasteiger partial charge >= 0.3 is 0 Å². The predicted octanol–water partition coefficient (Wildman–Crippen LogP) is 7.54. The number of halogens is 1. The quantitative estimate of drug-likeness (QED) is 0.283. The van der Waals surface area contributed by atoms with Crippen molar-refractivity contribution in [1.82, 2.24) is 9.55 Å². The van der Waals surface area contributed by atoms with Gasteiger partial charge in [-0.15, -0.1) is 0 Å². The Labute approximate surface area is 175 Å². The Balaban J connectivity index is 2.13. The van der Waals surface area contributed by atoms with Gasteiger partial charge in [-0.05, 0) is 74.3 Å². The number of hydrogen-bond acceptors (Lipinski definition) is 1. The van der Waals surface area contributed by atoms with E-state index in [1.54, 1.807) is 0 Å². The van der Waals surface area contributed by atoms with Crippen molar-refractivity contribution in [2.45, 2.75) is 52.4 Å². The van der Waals surface area contributed by atoms with Gasteiger partial charge in [0, 0.05) is 10.8 Å². The molecule has 0 saturated carbocycles. The summed E-state index contributed by atoms with van der Waals surface area (Å²) >= 11 is 3.53. The molecular formula is C25H27BrN2. The third kappa shape index (κ3) is 3.26. The van der Waals surface area contributed by atoms with Gasteiger partial charge in [-0.3, -0.25) is 4.57 Å². The van der Waals surface area contributed by atoms with E-state index in [9.17, 15) is 0 Å². The van der Waals surface area contributed by atoms with Crippen LogP contribution < -0.4 is 0 Å². The molecule has 0 spiro atoms. The third-order valence-corrected chi connectivity index (χ3v) is 5.87. The standard InChI is InChI=1S/C25H27BrN2/c1-24(2,3)16-10-12-20-18(14-16)19-15-17(25(4,5)6)11-13-21(19)28(20)23-9-7-8-22(26)27-23/h7-15H,1-6H3. The van der Waals surface area contributed by atoms with Crippen molar-refractivity contribution in [3.63, 3.8) is 0 Å². The van der Waals surface area contributed by atoms with Crippen LogP contribution in [0.4, 0.5) is 0 Å². The SMILES string of the molecule is CC(C)(C)c1ccc2c(c1)c1cc(C(C)(C)C)ccc1n2-c1cccc(Br)n1. The molecule has 0 aliphatic rings. The van der Waals surface area contributed by atoms with Crippen molar-refractivity contribution in [3.8, 4) is 5.82 Å². The molecule has 0 aliphatic heterocycles. The normalized spacial score (nSPS) is 12.8. The van der Waals surface area contributed by atoms with Gasteiger partial charge in [0.25, 0.3) is 0 Å². The maximum Gasteiger partial charge on any atom is 0.138 e. The summed E-state index contributed by atoms with van der Waals surface area (Å²) in [6, 6.07) is 19.8. The van der Waals surface area contributed by atoms with Crippen LogP contribution in [0.1, 0.15) is 52.7 Å². The van der Waals surface area contributed by atoms with E-state index >= 15 is 0 Å². The molecule has 3 heteroatoms. The number of rotatable bonds is 1. The zero-order valence-electron chi connectivity index (χ0n) is 17.5. The van der Waals surface area contributed by atoms with Crippen LogP contribution in [0.5, 0.6) is 0 Å². The molecule has 0 unspecified atom stereocenters. The summed E-state index contributed by atoms with van der Waals surface area (Å²) in [5.74, 6) is 0.932. The van der Waals surface area contributed by atoms with Gasteiger partial charge in [-0.25, -0.2) is 4.98 Å². The number of pyridine rings is 1. The molecule has 4 rings (SSSR count). The van der Waals surface area contributed by atoms with Crippen LogP contribution in [0.3, 0.4) is 0 Å². The van der Waals surface area contributed by atoms with Crippen LogP contribution in [0, 0.1) is 0 Å². The maximum atomic E-state index is 4.74. The zero-order chi connectivity index (χ0) is 20.3. The van der Waals surface area contributed by atoms with Gasteiger partial charge in [0.2, 0.25) is 0 Å². The van der Waals surface area contributed by atoms with E-state index in [0.717, 1.165) is 10.4 Å². The highest BCUT2D eigenvalue weighted by Crippen LogP contribution is 2.37. The largest absolute Gasteiger partial charge is 0.294 e. The van der Waals surface area contributed by atoms with Gasteiger partial charge in [0.05, 0.1) is 11.0 Å². The number of benzene rings is 2. The second-order valence-corrected chi connectivity index (χ2v) is 10.4. The molecule has 144 valence electrons. The molecule has 0 aliphatic carbocycles. The average molecular weight is 435 g/mol. The first-order valence-electron chi connectivity index (χ1n) is 9.78. The summed E-state index contributed by atoms with van der Waals surface area (Å²) in [7, 11) is 0. The highest BCUT2D eigenvalue weighted by Gasteiger charge is 2.20. The van der Waals surface area contributed by atoms with Crippen LogP contribution >= 0.6 is 15.9 Å². The molecular weight excluding hydrogens is 408 g/mol. The summed E-state index contributed by atoms with van der Waals surface area (Å²) in [4.78, 5) is 4.74. The predicted molar refractivity (Wildman–Crippen MR) is 124 cm³/mol. The number of fused-ring (bicyclic) bond motifs is 3. The first-order chi connectivity index (χ1) is 13.1. The second-order valence-electron chi connectivity index (χ2n) is 9.62. The van der Waals surface area contributed by atoms with E-state index in [0.29, 0.717) is 0 Å². The lowest BCUT2D eigenvalue weighted by molar-refractivity contribution is 0.590. The topological polar surface area (TPSA) is 17.8 Å². The van der Waals surface area contributed by atoms with Crippen LogP contribution in [0.2, 0.25) is 0 Å². The highest BCUT2D eigenvalue weighted by atomic mass is 79.9. The summed E-state index contributed by atoms with van der Waals surface area (Å²) < 4.78 is 3.12. The lowest BCUT2D eigenvalue weighted by Crippen LogP contribution is -2.10. The number of hydrogen-bond donors (Lipinski definition) is 0. The van der Waals surface area contributed by atoms with Gasteiger partial charge in [0.1, 0.15) is 10.4 Å². The molecule has 2 aromatic heterocycles. The van der Waals surface area contributed by atoms with Crippen LogP contribution in [-0.2, 0) is 10.8 Å². The van der Waals surface area contributed by atoms with E-state index in [1.165, 1.54) is 32.9 Å². The highest BCUT2D eigenvalue weighted by molar-refractivity contribution is 9.10. The zero-order valence-corrected chi connectivity index (χ0v) is 19.1. The maximum absolute atomic E-state index is 4.74. The smallest absolute Gasteiger partial charge is 0.138 e. The molecule has 2 aromatic carbocycles. The molecule has 0 atom stereocenters. The van der Waals surface area contributed by atoms with Crippen LogP contribution in [-0.4, -0.2) is 9.55 Å². The molecule has 0 radical (unpaired) electrons.